The highest BCUT2D eigenvalue weighted by atomic mass is 32.2. The van der Waals surface area contributed by atoms with E-state index < -0.39 is 31.3 Å². The molecule has 0 saturated carbocycles. The van der Waals surface area contributed by atoms with Crippen molar-refractivity contribution in [1.82, 2.24) is 19.4 Å². The summed E-state index contributed by atoms with van der Waals surface area (Å²) >= 11 is 0. The summed E-state index contributed by atoms with van der Waals surface area (Å²) in [6.07, 6.45) is 1.81. The van der Waals surface area contributed by atoms with E-state index in [0.717, 1.165) is 4.31 Å². The Balaban J connectivity index is 1.77. The van der Waals surface area contributed by atoms with Crippen molar-refractivity contribution in [2.45, 2.75) is 50.7 Å². The van der Waals surface area contributed by atoms with E-state index in [4.69, 9.17) is 4.42 Å². The van der Waals surface area contributed by atoms with Crippen LogP contribution in [0, 0.1) is 13.8 Å². The fraction of sp³-hybridized carbons (Fsp3) is 0.556. The number of nitrogens with zero attached hydrogens (tertiary/aromatic N) is 3. The molecule has 1 amide bonds. The molecule has 0 aliphatic carbocycles. The number of rotatable bonds is 7. The second-order valence-electron chi connectivity index (χ2n) is 7.95. The normalized spacial score (nSPS) is 21.2. The minimum absolute atomic E-state index is 0.0358. The molecule has 2 aromatic rings. The minimum atomic E-state index is -3.86. The lowest BCUT2D eigenvalue weighted by molar-refractivity contribution is -0.123. The highest BCUT2D eigenvalue weighted by Gasteiger charge is 2.39. The van der Waals surface area contributed by atoms with Crippen LogP contribution in [0.25, 0.3) is 0 Å². The van der Waals surface area contributed by atoms with Gasteiger partial charge in [0.1, 0.15) is 17.2 Å². The molecule has 166 valence electrons. The van der Waals surface area contributed by atoms with Crippen LogP contribution in [0.4, 0.5) is 0 Å². The molecule has 0 aromatic carbocycles. The van der Waals surface area contributed by atoms with Crippen molar-refractivity contribution in [3.63, 3.8) is 0 Å². The predicted molar refractivity (Wildman–Crippen MR) is 109 cm³/mol. The Bertz CT molecular complexity index is 1150. The van der Waals surface area contributed by atoms with Crippen molar-refractivity contribution >= 4 is 25.8 Å². The van der Waals surface area contributed by atoms with E-state index in [0.29, 0.717) is 17.9 Å². The Morgan fingerprint density at radius 1 is 1.40 bits per heavy atom. The molecule has 0 radical (unpaired) electrons. The van der Waals surface area contributed by atoms with Crippen LogP contribution in [0.15, 0.2) is 27.7 Å². The number of carbonyl (C=O) groups excluding carboxylic acids is 1. The van der Waals surface area contributed by atoms with E-state index in [9.17, 15) is 21.6 Å². The molecule has 30 heavy (non-hydrogen) atoms. The summed E-state index contributed by atoms with van der Waals surface area (Å²) in [6.45, 7) is 4.70. The van der Waals surface area contributed by atoms with E-state index in [2.05, 4.69) is 10.4 Å². The van der Waals surface area contributed by atoms with E-state index in [1.165, 1.54) is 18.0 Å². The molecule has 2 aromatic heterocycles. The Labute approximate surface area is 176 Å². The Hall–Kier alpha value is -2.18. The van der Waals surface area contributed by atoms with Crippen LogP contribution in [0.2, 0.25) is 0 Å². The Morgan fingerprint density at radius 3 is 2.67 bits per heavy atom. The quantitative estimate of drug-likeness (QED) is 0.643. The van der Waals surface area contributed by atoms with Crippen molar-refractivity contribution < 1.29 is 26.0 Å². The molecular formula is C18H26N4O6S2. The maximum Gasteiger partial charge on any atom is 0.246 e. The zero-order valence-electron chi connectivity index (χ0n) is 17.4. The number of nitrogens with one attached hydrogen (secondary N) is 1. The minimum Gasteiger partial charge on any atom is -0.468 e. The molecule has 0 bridgehead atoms. The van der Waals surface area contributed by atoms with Crippen molar-refractivity contribution in [2.24, 2.45) is 0 Å². The summed E-state index contributed by atoms with van der Waals surface area (Å²) < 4.78 is 57.3. The highest BCUT2D eigenvalue weighted by Crippen LogP contribution is 2.25. The Morgan fingerprint density at radius 2 is 2.10 bits per heavy atom. The number of furan rings is 1. The smallest absolute Gasteiger partial charge is 0.246 e. The van der Waals surface area contributed by atoms with Gasteiger partial charge in [-0.2, -0.15) is 9.40 Å². The second-order valence-corrected chi connectivity index (χ2v) is 12.1. The van der Waals surface area contributed by atoms with E-state index in [1.54, 1.807) is 32.9 Å². The lowest BCUT2D eigenvalue weighted by Crippen LogP contribution is -2.48. The molecule has 3 rings (SSSR count). The van der Waals surface area contributed by atoms with Gasteiger partial charge in [-0.05, 0) is 39.3 Å². The molecule has 1 N–H and O–H groups in total. The number of aryl methyl sites for hydroxylation is 1. The van der Waals surface area contributed by atoms with Gasteiger partial charge in [0.05, 0.1) is 41.2 Å². The standard InChI is InChI=1S/C18H26N4O6S2/c1-13-17(30(26,27)21(4)10-15-6-5-8-28-15)14(2)22(20-13)11-16(23)19-18(3)7-9-29(24,25)12-18/h5-6,8H,7,9-12H2,1-4H3,(H,19,23)/t18-/m0/s1. The van der Waals surface area contributed by atoms with Crippen LogP contribution in [0.1, 0.15) is 30.5 Å². The third kappa shape index (κ3) is 4.60. The number of hydrogen-bond acceptors (Lipinski definition) is 7. The lowest BCUT2D eigenvalue weighted by Gasteiger charge is -2.24. The van der Waals surface area contributed by atoms with Gasteiger partial charge in [0.25, 0.3) is 0 Å². The average Bonchev–Trinajstić information content (AvgIpc) is 3.27. The molecule has 1 atom stereocenters. The maximum absolute atomic E-state index is 13.1. The van der Waals surface area contributed by atoms with Gasteiger partial charge in [-0.1, -0.05) is 0 Å². The molecule has 0 spiro atoms. The second kappa shape index (κ2) is 7.82. The SMILES string of the molecule is Cc1nn(CC(=O)N[C@@]2(C)CCS(=O)(=O)C2)c(C)c1S(=O)(=O)N(C)Cc1ccco1. The van der Waals surface area contributed by atoms with Gasteiger partial charge in [-0.25, -0.2) is 16.8 Å². The number of aromatic nitrogens is 2. The summed E-state index contributed by atoms with van der Waals surface area (Å²) in [5.74, 6) is 0.00437. The highest BCUT2D eigenvalue weighted by molar-refractivity contribution is 7.91. The zero-order chi connectivity index (χ0) is 22.3. The van der Waals surface area contributed by atoms with Crippen LogP contribution in [0.3, 0.4) is 0 Å². The predicted octanol–water partition coefficient (Wildman–Crippen LogP) is 0.607. The summed E-state index contributed by atoms with van der Waals surface area (Å²) in [6, 6.07) is 3.36. The maximum atomic E-state index is 13.1. The number of carbonyl (C=O) groups is 1. The number of hydrogen-bond donors (Lipinski definition) is 1. The number of sulfone groups is 1. The van der Waals surface area contributed by atoms with Crippen LogP contribution >= 0.6 is 0 Å². The van der Waals surface area contributed by atoms with Crippen LogP contribution in [-0.4, -0.2) is 60.9 Å². The van der Waals surface area contributed by atoms with Gasteiger partial charge in [0.15, 0.2) is 9.84 Å². The van der Waals surface area contributed by atoms with Crippen LogP contribution in [0.5, 0.6) is 0 Å². The van der Waals surface area contributed by atoms with E-state index in [-0.39, 0.29) is 35.2 Å². The van der Waals surface area contributed by atoms with Crippen molar-refractivity contribution in [3.8, 4) is 0 Å². The fourth-order valence-corrected chi connectivity index (χ4v) is 7.29. The molecule has 3 heterocycles. The third-order valence-electron chi connectivity index (χ3n) is 5.18. The molecule has 12 heteroatoms. The van der Waals surface area contributed by atoms with Crippen LogP contribution < -0.4 is 5.32 Å². The first-order valence-electron chi connectivity index (χ1n) is 9.37. The fourth-order valence-electron chi connectivity index (χ4n) is 3.69. The molecule has 10 nitrogen and oxygen atoms in total. The molecule has 1 fully saturated rings. The van der Waals surface area contributed by atoms with Gasteiger partial charge in [-0.15, -0.1) is 0 Å². The molecule has 1 aliphatic heterocycles. The monoisotopic (exact) mass is 458 g/mol. The van der Waals surface area contributed by atoms with E-state index >= 15 is 0 Å². The number of sulfonamides is 1. The zero-order valence-corrected chi connectivity index (χ0v) is 19.0. The first kappa shape index (κ1) is 22.5. The first-order valence-corrected chi connectivity index (χ1v) is 12.6. The Kier molecular flexibility index (Phi) is 5.87. The van der Waals surface area contributed by atoms with Gasteiger partial charge >= 0.3 is 0 Å². The van der Waals surface area contributed by atoms with Gasteiger partial charge in [0, 0.05) is 7.05 Å². The van der Waals surface area contributed by atoms with Gasteiger partial charge < -0.3 is 9.73 Å². The van der Waals surface area contributed by atoms with Crippen molar-refractivity contribution in [3.05, 3.63) is 35.5 Å². The molecule has 0 unspecified atom stereocenters. The molecule has 1 aliphatic rings. The van der Waals surface area contributed by atoms with Crippen molar-refractivity contribution in [2.75, 3.05) is 18.6 Å². The lowest BCUT2D eigenvalue weighted by atomic mass is 10.0. The molecule has 1 saturated heterocycles. The number of amides is 1. The van der Waals surface area contributed by atoms with Crippen molar-refractivity contribution in [1.29, 1.82) is 0 Å². The third-order valence-corrected chi connectivity index (χ3v) is 9.14. The molecular weight excluding hydrogens is 432 g/mol. The average molecular weight is 459 g/mol. The van der Waals surface area contributed by atoms with Crippen LogP contribution in [-0.2, 0) is 37.7 Å². The van der Waals surface area contributed by atoms with Gasteiger partial charge in [-0.3, -0.25) is 9.48 Å². The van der Waals surface area contributed by atoms with E-state index in [1.807, 2.05) is 0 Å². The summed E-state index contributed by atoms with van der Waals surface area (Å²) in [5.41, 5.74) is -0.219. The topological polar surface area (TPSA) is 132 Å². The summed E-state index contributed by atoms with van der Waals surface area (Å²) in [7, 11) is -5.58. The summed E-state index contributed by atoms with van der Waals surface area (Å²) in [4.78, 5) is 12.6. The van der Waals surface area contributed by atoms with Gasteiger partial charge in [0.2, 0.25) is 15.9 Å². The largest absolute Gasteiger partial charge is 0.468 e. The first-order chi connectivity index (χ1) is 13.8. The summed E-state index contributed by atoms with van der Waals surface area (Å²) in [5, 5.41) is 6.99.